The lowest BCUT2D eigenvalue weighted by molar-refractivity contribution is -0.107. The molecule has 0 atom stereocenters. The SMILES string of the molecule is CCOc1ccc(N(C(=O)OC(C)(C)C)c2c(CC=O)c(Cl)nc3ccnn23)cc1. The van der Waals surface area contributed by atoms with Gasteiger partial charge in [-0.3, -0.25) is 0 Å². The van der Waals surface area contributed by atoms with Crippen molar-refractivity contribution in [3.63, 3.8) is 0 Å². The van der Waals surface area contributed by atoms with E-state index in [0.717, 1.165) is 0 Å². The van der Waals surface area contributed by atoms with E-state index in [4.69, 9.17) is 21.1 Å². The Labute approximate surface area is 179 Å². The molecule has 1 aromatic carbocycles. The maximum Gasteiger partial charge on any atom is 0.420 e. The molecule has 3 aromatic rings. The van der Waals surface area contributed by atoms with Crippen LogP contribution < -0.4 is 9.64 Å². The molecule has 0 saturated heterocycles. The largest absolute Gasteiger partial charge is 0.494 e. The van der Waals surface area contributed by atoms with Crippen LogP contribution in [0.5, 0.6) is 5.75 Å². The highest BCUT2D eigenvalue weighted by Gasteiger charge is 2.30. The van der Waals surface area contributed by atoms with Crippen molar-refractivity contribution in [3.05, 3.63) is 47.2 Å². The van der Waals surface area contributed by atoms with Crippen LogP contribution >= 0.6 is 11.6 Å². The third kappa shape index (κ3) is 4.54. The van der Waals surface area contributed by atoms with E-state index < -0.39 is 11.7 Å². The van der Waals surface area contributed by atoms with Gasteiger partial charge in [-0.1, -0.05) is 11.6 Å². The van der Waals surface area contributed by atoms with Gasteiger partial charge in [-0.15, -0.1) is 0 Å². The second-order valence-electron chi connectivity index (χ2n) is 7.42. The monoisotopic (exact) mass is 430 g/mol. The molecule has 0 aliphatic heterocycles. The number of carbonyl (C=O) groups excluding carboxylic acids is 2. The van der Waals surface area contributed by atoms with Crippen LogP contribution in [0.2, 0.25) is 5.15 Å². The van der Waals surface area contributed by atoms with E-state index in [0.29, 0.717) is 41.4 Å². The molecule has 30 heavy (non-hydrogen) atoms. The van der Waals surface area contributed by atoms with Crippen molar-refractivity contribution < 1.29 is 19.1 Å². The van der Waals surface area contributed by atoms with Crippen molar-refractivity contribution in [1.29, 1.82) is 0 Å². The smallest absolute Gasteiger partial charge is 0.420 e. The molecule has 0 saturated carbocycles. The van der Waals surface area contributed by atoms with Crippen LogP contribution in [0.1, 0.15) is 33.3 Å². The predicted octanol–water partition coefficient (Wildman–Crippen LogP) is 4.60. The maximum atomic E-state index is 13.3. The summed E-state index contributed by atoms with van der Waals surface area (Å²) in [6, 6.07) is 8.61. The van der Waals surface area contributed by atoms with E-state index in [9.17, 15) is 9.59 Å². The number of amides is 1. The first kappa shape index (κ1) is 21.6. The molecular formula is C21H23ClN4O4. The van der Waals surface area contributed by atoms with Crippen LogP contribution in [0.3, 0.4) is 0 Å². The van der Waals surface area contributed by atoms with E-state index in [-0.39, 0.29) is 11.6 Å². The molecule has 8 nitrogen and oxygen atoms in total. The number of hydrogen-bond acceptors (Lipinski definition) is 6. The van der Waals surface area contributed by atoms with E-state index >= 15 is 0 Å². The minimum atomic E-state index is -0.745. The van der Waals surface area contributed by atoms with Crippen LogP contribution in [-0.4, -0.2) is 39.2 Å². The molecule has 2 aromatic heterocycles. The molecule has 2 heterocycles. The van der Waals surface area contributed by atoms with Crippen molar-refractivity contribution in [2.24, 2.45) is 0 Å². The van der Waals surface area contributed by atoms with Gasteiger partial charge in [0.1, 0.15) is 22.8 Å². The van der Waals surface area contributed by atoms with Gasteiger partial charge >= 0.3 is 6.09 Å². The molecule has 1 amide bonds. The Morgan fingerprint density at radius 3 is 2.53 bits per heavy atom. The minimum Gasteiger partial charge on any atom is -0.494 e. The molecule has 158 valence electrons. The summed E-state index contributed by atoms with van der Waals surface area (Å²) in [6.45, 7) is 7.73. The molecule has 0 aliphatic rings. The topological polar surface area (TPSA) is 86.0 Å². The zero-order chi connectivity index (χ0) is 21.9. The van der Waals surface area contributed by atoms with Crippen LogP contribution in [0, 0.1) is 0 Å². The maximum absolute atomic E-state index is 13.3. The molecule has 0 unspecified atom stereocenters. The van der Waals surface area contributed by atoms with Gasteiger partial charge in [0.15, 0.2) is 11.5 Å². The summed E-state index contributed by atoms with van der Waals surface area (Å²) >= 11 is 6.37. The number of nitrogens with zero attached hydrogens (tertiary/aromatic N) is 4. The number of aromatic nitrogens is 3. The molecule has 0 fully saturated rings. The Bertz CT molecular complexity index is 1060. The summed E-state index contributed by atoms with van der Waals surface area (Å²) in [5, 5.41) is 4.40. The lowest BCUT2D eigenvalue weighted by Gasteiger charge is -2.29. The highest BCUT2D eigenvalue weighted by molar-refractivity contribution is 6.31. The van der Waals surface area contributed by atoms with Crippen LogP contribution in [0.4, 0.5) is 16.3 Å². The number of carbonyl (C=O) groups is 2. The number of benzene rings is 1. The molecule has 0 N–H and O–H groups in total. The van der Waals surface area contributed by atoms with E-state index in [2.05, 4.69) is 10.1 Å². The van der Waals surface area contributed by atoms with Crippen LogP contribution in [-0.2, 0) is 16.0 Å². The highest BCUT2D eigenvalue weighted by atomic mass is 35.5. The first-order valence-electron chi connectivity index (χ1n) is 9.47. The predicted molar refractivity (Wildman–Crippen MR) is 114 cm³/mol. The number of ether oxygens (including phenoxy) is 2. The van der Waals surface area contributed by atoms with Crippen LogP contribution in [0.15, 0.2) is 36.5 Å². The first-order valence-corrected chi connectivity index (χ1v) is 9.84. The molecule has 3 rings (SSSR count). The van der Waals surface area contributed by atoms with Gasteiger partial charge in [-0.25, -0.2) is 14.7 Å². The quantitative estimate of drug-likeness (QED) is 0.419. The number of fused-ring (bicyclic) bond motifs is 1. The number of rotatable bonds is 6. The Balaban J connectivity index is 2.24. The minimum absolute atomic E-state index is 0.0483. The fraction of sp³-hybridized carbons (Fsp3) is 0.333. The van der Waals surface area contributed by atoms with Gasteiger partial charge in [0.2, 0.25) is 0 Å². The summed E-state index contributed by atoms with van der Waals surface area (Å²) in [5.41, 5.74) is 0.552. The fourth-order valence-electron chi connectivity index (χ4n) is 2.90. The van der Waals surface area contributed by atoms with Crippen molar-refractivity contribution in [1.82, 2.24) is 14.6 Å². The van der Waals surface area contributed by atoms with Crippen molar-refractivity contribution in [3.8, 4) is 5.75 Å². The summed E-state index contributed by atoms with van der Waals surface area (Å²) < 4.78 is 12.6. The Kier molecular flexibility index (Phi) is 6.26. The number of hydrogen-bond donors (Lipinski definition) is 0. The van der Waals surface area contributed by atoms with E-state index in [1.165, 1.54) is 15.6 Å². The first-order chi connectivity index (χ1) is 14.2. The zero-order valence-electron chi connectivity index (χ0n) is 17.3. The van der Waals surface area contributed by atoms with Gasteiger partial charge in [-0.2, -0.15) is 9.61 Å². The van der Waals surface area contributed by atoms with Gasteiger partial charge in [-0.05, 0) is 52.0 Å². The summed E-state index contributed by atoms with van der Waals surface area (Å²) in [7, 11) is 0. The number of aldehydes is 1. The Morgan fingerprint density at radius 2 is 1.93 bits per heavy atom. The van der Waals surface area contributed by atoms with E-state index in [1.54, 1.807) is 51.1 Å². The molecule has 0 bridgehead atoms. The lowest BCUT2D eigenvalue weighted by Crippen LogP contribution is -2.35. The van der Waals surface area contributed by atoms with Gasteiger partial charge in [0.25, 0.3) is 0 Å². The summed E-state index contributed by atoms with van der Waals surface area (Å²) in [4.78, 5) is 30.3. The van der Waals surface area contributed by atoms with Gasteiger partial charge < -0.3 is 14.3 Å². The molecule has 9 heteroatoms. The zero-order valence-corrected chi connectivity index (χ0v) is 18.0. The van der Waals surface area contributed by atoms with Gasteiger partial charge in [0, 0.05) is 18.1 Å². The van der Waals surface area contributed by atoms with Crippen molar-refractivity contribution in [2.75, 3.05) is 11.5 Å². The number of halogens is 1. The Morgan fingerprint density at radius 1 is 1.23 bits per heavy atom. The highest BCUT2D eigenvalue weighted by Crippen LogP contribution is 2.34. The van der Waals surface area contributed by atoms with Crippen molar-refractivity contribution in [2.45, 2.75) is 39.7 Å². The number of anilines is 2. The average Bonchev–Trinajstić information content (AvgIpc) is 3.12. The second kappa shape index (κ2) is 8.71. The molecule has 0 radical (unpaired) electrons. The standard InChI is InChI=1S/C21H23ClN4O4/c1-5-29-15-8-6-14(7-9-15)25(20(28)30-21(2,3)4)19-16(11-13-27)18(22)24-17-10-12-23-26(17)19/h6-10,12-13H,5,11H2,1-4H3. The molecule has 0 spiro atoms. The molecule has 0 aliphatic carbocycles. The summed E-state index contributed by atoms with van der Waals surface area (Å²) in [6.07, 6.45) is 1.55. The average molecular weight is 431 g/mol. The van der Waals surface area contributed by atoms with Crippen molar-refractivity contribution >= 4 is 41.1 Å². The third-order valence-corrected chi connectivity index (χ3v) is 4.35. The lowest BCUT2D eigenvalue weighted by atomic mass is 10.2. The normalized spacial score (nSPS) is 11.4. The fourth-order valence-corrected chi connectivity index (χ4v) is 3.15. The van der Waals surface area contributed by atoms with Gasteiger partial charge in [0.05, 0.1) is 18.5 Å². The molecular weight excluding hydrogens is 408 g/mol. The van der Waals surface area contributed by atoms with Crippen LogP contribution in [0.25, 0.3) is 5.65 Å². The van der Waals surface area contributed by atoms with E-state index in [1.807, 2.05) is 6.92 Å². The summed E-state index contributed by atoms with van der Waals surface area (Å²) in [5.74, 6) is 0.955. The third-order valence-electron chi connectivity index (χ3n) is 4.04. The Hall–Kier alpha value is -3.13. The second-order valence-corrected chi connectivity index (χ2v) is 7.78.